The topological polar surface area (TPSA) is 46.4 Å². The summed E-state index contributed by atoms with van der Waals surface area (Å²) in [5.41, 5.74) is 5.73. The van der Waals surface area contributed by atoms with Crippen LogP contribution in [0.5, 0.6) is 11.5 Å². The largest absolute Gasteiger partial charge is 0.457 e. The molecule has 1 aliphatic rings. The van der Waals surface area contributed by atoms with Crippen molar-refractivity contribution in [3.8, 4) is 17.3 Å². The Morgan fingerprint density at radius 2 is 1.64 bits per heavy atom. The Morgan fingerprint density at radius 1 is 0.833 bits per heavy atom. The van der Waals surface area contributed by atoms with Crippen LogP contribution in [0.1, 0.15) is 26.3 Å². The first-order chi connectivity index (χ1) is 17.4. The fourth-order valence-electron chi connectivity index (χ4n) is 4.70. The standard InChI is InChI=1S/C30H29N5O/c1-30(2,3)22-14-15-31-29(16-22)35-28-18-25(13-12-21(28)19-32-35)36-24-9-7-8-23(17-24)34-20-33(4)26-10-5-6-11-27(26)34/h5-19H,20H2,1-4H3. The first-order valence-electron chi connectivity index (χ1n) is 12.2. The number of para-hydroxylation sites is 2. The van der Waals surface area contributed by atoms with E-state index in [0.717, 1.165) is 40.6 Å². The summed E-state index contributed by atoms with van der Waals surface area (Å²) in [5.74, 6) is 2.35. The summed E-state index contributed by atoms with van der Waals surface area (Å²) in [7, 11) is 2.11. The van der Waals surface area contributed by atoms with E-state index in [1.54, 1.807) is 0 Å². The van der Waals surface area contributed by atoms with Crippen LogP contribution >= 0.6 is 0 Å². The highest BCUT2D eigenvalue weighted by atomic mass is 16.5. The van der Waals surface area contributed by atoms with E-state index < -0.39 is 0 Å². The minimum Gasteiger partial charge on any atom is -0.457 e. The Hall–Kier alpha value is -4.32. The molecule has 0 radical (unpaired) electrons. The van der Waals surface area contributed by atoms with Crippen molar-refractivity contribution in [2.24, 2.45) is 0 Å². The third kappa shape index (κ3) is 3.94. The third-order valence-electron chi connectivity index (χ3n) is 6.67. The molecular weight excluding hydrogens is 446 g/mol. The number of nitrogens with zero attached hydrogens (tertiary/aromatic N) is 5. The van der Waals surface area contributed by atoms with Crippen LogP contribution in [0.4, 0.5) is 17.1 Å². The molecule has 36 heavy (non-hydrogen) atoms. The average Bonchev–Trinajstić information content (AvgIpc) is 3.45. The summed E-state index contributed by atoms with van der Waals surface area (Å²) in [4.78, 5) is 9.14. The summed E-state index contributed by atoms with van der Waals surface area (Å²) < 4.78 is 8.22. The Bertz CT molecular complexity index is 1570. The summed E-state index contributed by atoms with van der Waals surface area (Å²) in [6.45, 7) is 7.40. The van der Waals surface area contributed by atoms with E-state index in [-0.39, 0.29) is 5.41 Å². The molecule has 0 fully saturated rings. The van der Waals surface area contributed by atoms with Gasteiger partial charge in [0.25, 0.3) is 0 Å². The fraction of sp³-hybridized carbons (Fsp3) is 0.200. The van der Waals surface area contributed by atoms with Gasteiger partial charge in [-0.2, -0.15) is 5.10 Å². The molecule has 0 aliphatic carbocycles. The lowest BCUT2D eigenvalue weighted by molar-refractivity contribution is 0.483. The lowest BCUT2D eigenvalue weighted by atomic mass is 9.88. The first kappa shape index (κ1) is 22.2. The molecule has 0 spiro atoms. The van der Waals surface area contributed by atoms with Crippen molar-refractivity contribution in [3.63, 3.8) is 0 Å². The van der Waals surface area contributed by atoms with E-state index >= 15 is 0 Å². The minimum absolute atomic E-state index is 0.0323. The smallest absolute Gasteiger partial charge is 0.154 e. The van der Waals surface area contributed by atoms with Gasteiger partial charge in [0.05, 0.1) is 29.8 Å². The van der Waals surface area contributed by atoms with E-state index in [1.807, 2.05) is 47.4 Å². The van der Waals surface area contributed by atoms with Crippen molar-refractivity contribution in [1.29, 1.82) is 0 Å². The van der Waals surface area contributed by atoms with Crippen molar-refractivity contribution in [2.75, 3.05) is 23.5 Å². The Labute approximate surface area is 211 Å². The lowest BCUT2D eigenvalue weighted by Gasteiger charge is -2.20. The highest BCUT2D eigenvalue weighted by molar-refractivity contribution is 5.83. The van der Waals surface area contributed by atoms with Gasteiger partial charge in [0.2, 0.25) is 0 Å². The SMILES string of the molecule is CN1CN(c2cccc(Oc3ccc4cnn(-c5cc(C(C)(C)C)ccn5)c4c3)c2)c2ccccc21. The maximum absolute atomic E-state index is 6.34. The molecule has 2 aromatic heterocycles. The van der Waals surface area contributed by atoms with Crippen LogP contribution in [0.15, 0.2) is 91.3 Å². The average molecular weight is 476 g/mol. The van der Waals surface area contributed by atoms with Crippen molar-refractivity contribution in [1.82, 2.24) is 14.8 Å². The first-order valence-corrected chi connectivity index (χ1v) is 12.2. The predicted molar refractivity (Wildman–Crippen MR) is 146 cm³/mol. The van der Waals surface area contributed by atoms with Crippen molar-refractivity contribution >= 4 is 28.0 Å². The van der Waals surface area contributed by atoms with Crippen LogP contribution < -0.4 is 14.5 Å². The Balaban J connectivity index is 1.31. The predicted octanol–water partition coefficient (Wildman–Crippen LogP) is 7.06. The lowest BCUT2D eigenvalue weighted by Crippen LogP contribution is -2.23. The van der Waals surface area contributed by atoms with Gasteiger partial charge in [0.15, 0.2) is 5.82 Å². The van der Waals surface area contributed by atoms with Crippen molar-refractivity contribution in [2.45, 2.75) is 26.2 Å². The van der Waals surface area contributed by atoms with Crippen LogP contribution in [0.3, 0.4) is 0 Å². The van der Waals surface area contributed by atoms with Crippen molar-refractivity contribution in [3.05, 3.63) is 96.8 Å². The number of benzene rings is 3. The highest BCUT2D eigenvalue weighted by Gasteiger charge is 2.24. The maximum Gasteiger partial charge on any atom is 0.154 e. The molecule has 0 N–H and O–H groups in total. The molecular formula is C30H29N5O. The fourth-order valence-corrected chi connectivity index (χ4v) is 4.70. The van der Waals surface area contributed by atoms with Gasteiger partial charge in [-0.15, -0.1) is 0 Å². The molecule has 0 saturated carbocycles. The van der Waals surface area contributed by atoms with E-state index in [1.165, 1.54) is 16.9 Å². The van der Waals surface area contributed by atoms with E-state index in [4.69, 9.17) is 4.74 Å². The number of fused-ring (bicyclic) bond motifs is 2. The number of anilines is 3. The molecule has 0 saturated heterocycles. The second kappa shape index (κ2) is 8.41. The molecule has 6 nitrogen and oxygen atoms in total. The summed E-state index contributed by atoms with van der Waals surface area (Å²) >= 11 is 0. The van der Waals surface area contributed by atoms with Gasteiger partial charge in [-0.3, -0.25) is 0 Å². The van der Waals surface area contributed by atoms with Gasteiger partial charge < -0.3 is 14.5 Å². The molecule has 5 aromatic rings. The van der Waals surface area contributed by atoms with Gasteiger partial charge in [-0.1, -0.05) is 39.0 Å². The molecule has 0 atom stereocenters. The Kier molecular flexibility index (Phi) is 5.18. The molecule has 6 heteroatoms. The van der Waals surface area contributed by atoms with Gasteiger partial charge in [-0.05, 0) is 59.5 Å². The van der Waals surface area contributed by atoms with Gasteiger partial charge in [0, 0.05) is 36.5 Å². The normalized spacial score (nSPS) is 13.3. The molecule has 1 aliphatic heterocycles. The van der Waals surface area contributed by atoms with E-state index in [0.29, 0.717) is 0 Å². The number of rotatable bonds is 4. The van der Waals surface area contributed by atoms with E-state index in [9.17, 15) is 0 Å². The molecule has 0 bridgehead atoms. The minimum atomic E-state index is 0.0323. The van der Waals surface area contributed by atoms with Crippen LogP contribution in [0, 0.1) is 0 Å². The summed E-state index contributed by atoms with van der Waals surface area (Å²) in [5, 5.41) is 5.66. The number of aromatic nitrogens is 3. The Morgan fingerprint density at radius 3 is 2.47 bits per heavy atom. The van der Waals surface area contributed by atoms with Crippen LogP contribution in [-0.2, 0) is 5.41 Å². The molecule has 180 valence electrons. The zero-order valence-electron chi connectivity index (χ0n) is 21.0. The monoisotopic (exact) mass is 475 g/mol. The molecule has 3 heterocycles. The number of ether oxygens (including phenoxy) is 1. The summed E-state index contributed by atoms with van der Waals surface area (Å²) in [6.07, 6.45) is 3.72. The molecule has 0 amide bonds. The molecule has 0 unspecified atom stereocenters. The number of pyridine rings is 1. The van der Waals surface area contributed by atoms with E-state index in [2.05, 4.69) is 96.2 Å². The van der Waals surface area contributed by atoms with Gasteiger partial charge in [-0.25, -0.2) is 9.67 Å². The molecule has 3 aromatic carbocycles. The van der Waals surface area contributed by atoms with Gasteiger partial charge in [0.1, 0.15) is 11.5 Å². The second-order valence-electron chi connectivity index (χ2n) is 10.3. The molecule has 6 rings (SSSR count). The zero-order valence-corrected chi connectivity index (χ0v) is 21.0. The van der Waals surface area contributed by atoms with Crippen molar-refractivity contribution < 1.29 is 4.74 Å². The second-order valence-corrected chi connectivity index (χ2v) is 10.3. The maximum atomic E-state index is 6.34. The van der Waals surface area contributed by atoms with Crippen LogP contribution in [-0.4, -0.2) is 28.5 Å². The number of hydrogen-bond donors (Lipinski definition) is 0. The van der Waals surface area contributed by atoms with Crippen LogP contribution in [0.25, 0.3) is 16.7 Å². The third-order valence-corrected chi connectivity index (χ3v) is 6.67. The highest BCUT2D eigenvalue weighted by Crippen LogP contribution is 2.40. The quantitative estimate of drug-likeness (QED) is 0.279. The van der Waals surface area contributed by atoms with Gasteiger partial charge >= 0.3 is 0 Å². The number of hydrogen-bond acceptors (Lipinski definition) is 5. The summed E-state index contributed by atoms with van der Waals surface area (Å²) in [6, 6.07) is 26.9. The van der Waals surface area contributed by atoms with Crippen LogP contribution in [0.2, 0.25) is 0 Å². The zero-order chi connectivity index (χ0) is 24.9.